The quantitative estimate of drug-likeness (QED) is 0.484. The van der Waals surface area contributed by atoms with Gasteiger partial charge >= 0.3 is 6.03 Å². The third kappa shape index (κ3) is 4.76. The maximum atomic E-state index is 14.1. The van der Waals surface area contributed by atoms with Crippen molar-refractivity contribution in [2.24, 2.45) is 13.0 Å². The molecule has 0 unspecified atom stereocenters. The van der Waals surface area contributed by atoms with Gasteiger partial charge < -0.3 is 9.30 Å². The Balaban J connectivity index is 1.09. The number of carbonyl (C=O) groups is 2. The minimum Gasteiger partial charge on any atom is -0.486 e. The first-order valence-electron chi connectivity index (χ1n) is 12.9. The number of hydrogen-bond donors (Lipinski definition) is 1. The molecule has 1 aliphatic carbocycles. The van der Waals surface area contributed by atoms with Crippen molar-refractivity contribution < 1.29 is 18.7 Å². The number of ether oxygens (including phenoxy) is 1. The van der Waals surface area contributed by atoms with Gasteiger partial charge in [0, 0.05) is 45.2 Å². The van der Waals surface area contributed by atoms with Gasteiger partial charge in [0.1, 0.15) is 11.6 Å². The highest BCUT2D eigenvalue weighted by molar-refractivity contribution is 6.32. The van der Waals surface area contributed by atoms with Gasteiger partial charge in [-0.25, -0.2) is 14.2 Å². The number of carbonyl (C=O) groups excluding carboxylic acids is 2. The highest BCUT2D eigenvalue weighted by Crippen LogP contribution is 2.36. The molecule has 3 aromatic rings. The second-order valence-corrected chi connectivity index (χ2v) is 10.8. The smallest absolute Gasteiger partial charge is 0.329 e. The maximum absolute atomic E-state index is 14.1. The van der Waals surface area contributed by atoms with Crippen molar-refractivity contribution in [2.45, 2.75) is 44.9 Å². The Bertz CT molecular complexity index is 1390. The zero-order valence-corrected chi connectivity index (χ0v) is 21.9. The van der Waals surface area contributed by atoms with Crippen molar-refractivity contribution in [3.05, 3.63) is 64.6 Å². The SMILES string of the molecule is Cn1c(N2CCC(=O)NC2=O)cnc1-c1ccc2c(c1)CN(C[C@@H]1CC[C@@H](Oc3c(F)cccc3Cl)C1)C2. The summed E-state index contributed by atoms with van der Waals surface area (Å²) in [5.41, 5.74) is 3.57. The molecule has 1 saturated heterocycles. The number of benzene rings is 2. The first kappa shape index (κ1) is 24.9. The molecule has 198 valence electrons. The molecular weight excluding hydrogens is 509 g/mol. The molecule has 0 radical (unpaired) electrons. The topological polar surface area (TPSA) is 79.7 Å². The van der Waals surface area contributed by atoms with Gasteiger partial charge in [-0.15, -0.1) is 0 Å². The van der Waals surface area contributed by atoms with Crippen LogP contribution in [0.5, 0.6) is 5.75 Å². The predicted octanol–water partition coefficient (Wildman–Crippen LogP) is 4.89. The molecule has 6 rings (SSSR count). The second kappa shape index (κ2) is 10.0. The maximum Gasteiger partial charge on any atom is 0.329 e. The monoisotopic (exact) mass is 537 g/mol. The van der Waals surface area contributed by atoms with Crippen LogP contribution in [-0.2, 0) is 24.9 Å². The number of halogens is 2. The highest BCUT2D eigenvalue weighted by atomic mass is 35.5. The molecule has 1 aromatic heterocycles. The molecular formula is C28H29ClFN5O3. The number of rotatable bonds is 6. The fourth-order valence-corrected chi connectivity index (χ4v) is 6.07. The minimum absolute atomic E-state index is 0.0244. The Labute approximate surface area is 225 Å². The summed E-state index contributed by atoms with van der Waals surface area (Å²) in [5, 5.41) is 2.68. The number of amides is 3. The van der Waals surface area contributed by atoms with Crippen molar-refractivity contribution in [1.29, 1.82) is 0 Å². The summed E-state index contributed by atoms with van der Waals surface area (Å²) < 4.78 is 22.0. The van der Waals surface area contributed by atoms with E-state index in [1.807, 2.05) is 11.6 Å². The Morgan fingerprint density at radius 1 is 1.16 bits per heavy atom. The van der Waals surface area contributed by atoms with Gasteiger partial charge in [-0.2, -0.15) is 0 Å². The molecule has 3 aliphatic rings. The number of nitrogens with one attached hydrogen (secondary N) is 1. The Morgan fingerprint density at radius 3 is 2.82 bits per heavy atom. The number of imide groups is 1. The number of anilines is 1. The van der Waals surface area contributed by atoms with Gasteiger partial charge in [-0.3, -0.25) is 19.9 Å². The zero-order valence-electron chi connectivity index (χ0n) is 21.1. The Kier molecular flexibility index (Phi) is 6.57. The van der Waals surface area contributed by atoms with E-state index in [0.29, 0.717) is 23.3 Å². The van der Waals surface area contributed by atoms with Crippen molar-refractivity contribution in [1.82, 2.24) is 19.8 Å². The summed E-state index contributed by atoms with van der Waals surface area (Å²) >= 11 is 6.14. The lowest BCUT2D eigenvalue weighted by Crippen LogP contribution is -2.50. The molecule has 0 spiro atoms. The number of aromatic nitrogens is 2. The van der Waals surface area contributed by atoms with E-state index in [1.54, 1.807) is 23.2 Å². The summed E-state index contributed by atoms with van der Waals surface area (Å²) in [6.45, 7) is 3.05. The van der Waals surface area contributed by atoms with E-state index in [2.05, 4.69) is 33.4 Å². The van der Waals surface area contributed by atoms with Gasteiger partial charge in [-0.05, 0) is 54.5 Å². The molecule has 2 fully saturated rings. The second-order valence-electron chi connectivity index (χ2n) is 10.4. The number of para-hydroxylation sites is 1. The number of nitrogens with zero attached hydrogens (tertiary/aromatic N) is 4. The Morgan fingerprint density at radius 2 is 2.00 bits per heavy atom. The van der Waals surface area contributed by atoms with Crippen molar-refractivity contribution in [3.63, 3.8) is 0 Å². The molecule has 1 saturated carbocycles. The van der Waals surface area contributed by atoms with E-state index >= 15 is 0 Å². The number of fused-ring (bicyclic) bond motifs is 1. The Hall–Kier alpha value is -3.43. The number of urea groups is 1. The van der Waals surface area contributed by atoms with E-state index in [-0.39, 0.29) is 24.2 Å². The fourth-order valence-electron chi connectivity index (χ4n) is 5.86. The third-order valence-electron chi connectivity index (χ3n) is 7.76. The average Bonchev–Trinajstić information content (AvgIpc) is 3.60. The largest absolute Gasteiger partial charge is 0.486 e. The van der Waals surface area contributed by atoms with Crippen LogP contribution < -0.4 is 15.0 Å². The van der Waals surface area contributed by atoms with E-state index in [1.165, 1.54) is 17.2 Å². The van der Waals surface area contributed by atoms with Crippen LogP contribution in [0.15, 0.2) is 42.6 Å². The lowest BCUT2D eigenvalue weighted by Gasteiger charge is -2.26. The predicted molar refractivity (Wildman–Crippen MR) is 141 cm³/mol. The van der Waals surface area contributed by atoms with Crippen LogP contribution in [0.1, 0.15) is 36.8 Å². The van der Waals surface area contributed by atoms with E-state index in [4.69, 9.17) is 16.3 Å². The fraction of sp³-hybridized carbons (Fsp3) is 0.393. The minimum atomic E-state index is -0.419. The molecule has 38 heavy (non-hydrogen) atoms. The number of hydrogen-bond acceptors (Lipinski definition) is 5. The van der Waals surface area contributed by atoms with E-state index < -0.39 is 11.8 Å². The van der Waals surface area contributed by atoms with Crippen LogP contribution in [-0.4, -0.2) is 45.6 Å². The molecule has 0 bridgehead atoms. The molecule has 2 aromatic carbocycles. The molecule has 2 atom stereocenters. The molecule has 3 heterocycles. The van der Waals surface area contributed by atoms with Gasteiger partial charge in [0.25, 0.3) is 0 Å². The van der Waals surface area contributed by atoms with Crippen LogP contribution in [0.25, 0.3) is 11.4 Å². The first-order chi connectivity index (χ1) is 18.4. The van der Waals surface area contributed by atoms with Crippen LogP contribution in [0.3, 0.4) is 0 Å². The van der Waals surface area contributed by atoms with Crippen LogP contribution >= 0.6 is 11.6 Å². The lowest BCUT2D eigenvalue weighted by molar-refractivity contribution is -0.120. The summed E-state index contributed by atoms with van der Waals surface area (Å²) in [5.74, 6) is 1.40. The molecule has 2 aliphatic heterocycles. The third-order valence-corrected chi connectivity index (χ3v) is 8.06. The molecule has 10 heteroatoms. The molecule has 3 amide bonds. The lowest BCUT2D eigenvalue weighted by atomic mass is 10.1. The van der Waals surface area contributed by atoms with Crippen molar-refractivity contribution in [3.8, 4) is 17.1 Å². The summed E-state index contributed by atoms with van der Waals surface area (Å²) in [6.07, 6.45) is 4.74. The molecule has 1 N–H and O–H groups in total. The summed E-state index contributed by atoms with van der Waals surface area (Å²) in [6, 6.07) is 10.6. The van der Waals surface area contributed by atoms with Crippen LogP contribution in [0.2, 0.25) is 5.02 Å². The highest BCUT2D eigenvalue weighted by Gasteiger charge is 2.31. The van der Waals surface area contributed by atoms with E-state index in [9.17, 15) is 14.0 Å². The summed E-state index contributed by atoms with van der Waals surface area (Å²) in [7, 11) is 1.88. The van der Waals surface area contributed by atoms with Gasteiger partial charge in [0.05, 0.1) is 17.3 Å². The number of imidazole rings is 1. The standard InChI is InChI=1S/C28H29ClFN5O3/c1-33-25(35-10-9-24(36)32-28(35)37)13-31-27(33)18-6-7-19-15-34(16-20(19)12-18)14-17-5-8-21(11-17)38-26-22(29)3-2-4-23(26)30/h2-4,6-7,12-13,17,21H,5,8-11,14-16H2,1H3,(H,32,36,37)/t17-,21-/m1/s1. The van der Waals surface area contributed by atoms with Crippen LogP contribution in [0.4, 0.5) is 15.0 Å². The van der Waals surface area contributed by atoms with E-state index in [0.717, 1.165) is 50.3 Å². The molecule has 8 nitrogen and oxygen atoms in total. The van der Waals surface area contributed by atoms with Gasteiger partial charge in [0.2, 0.25) is 5.91 Å². The summed E-state index contributed by atoms with van der Waals surface area (Å²) in [4.78, 5) is 32.4. The van der Waals surface area contributed by atoms with Gasteiger partial charge in [-0.1, -0.05) is 29.8 Å². The van der Waals surface area contributed by atoms with Crippen molar-refractivity contribution >= 4 is 29.4 Å². The van der Waals surface area contributed by atoms with Gasteiger partial charge in [0.15, 0.2) is 11.6 Å². The zero-order chi connectivity index (χ0) is 26.4. The average molecular weight is 538 g/mol. The van der Waals surface area contributed by atoms with Crippen molar-refractivity contribution in [2.75, 3.05) is 18.0 Å². The first-order valence-corrected chi connectivity index (χ1v) is 13.3. The van der Waals surface area contributed by atoms with Crippen LogP contribution in [0, 0.1) is 11.7 Å². The normalized spacial score (nSPS) is 21.6.